The maximum absolute atomic E-state index is 13.0. The molecule has 3 rings (SSSR count). The molecule has 0 atom stereocenters. The summed E-state index contributed by atoms with van der Waals surface area (Å²) in [5.41, 5.74) is 0.523. The first-order valence-corrected chi connectivity index (χ1v) is 11.0. The molecule has 2 aromatic carbocycles. The Morgan fingerprint density at radius 3 is 2.39 bits per heavy atom. The third-order valence-corrected chi connectivity index (χ3v) is 7.39. The van der Waals surface area contributed by atoms with Crippen LogP contribution in [0.15, 0.2) is 51.8 Å². The SMILES string of the molecule is O=C(O)c1cccc(NC(=O)c2ccc(Br)c(S(=O)(=O)N3CCCCC3)c2)c1. The summed E-state index contributed by atoms with van der Waals surface area (Å²) in [6.45, 7) is 0.931. The zero-order valence-electron chi connectivity index (χ0n) is 14.9. The predicted octanol–water partition coefficient (Wildman–Crippen LogP) is 3.57. The molecule has 1 aliphatic heterocycles. The van der Waals surface area contributed by atoms with Gasteiger partial charge in [-0.15, -0.1) is 0 Å². The topological polar surface area (TPSA) is 104 Å². The van der Waals surface area contributed by atoms with Crippen LogP contribution in [0.3, 0.4) is 0 Å². The van der Waals surface area contributed by atoms with Crippen molar-refractivity contribution < 1.29 is 23.1 Å². The summed E-state index contributed by atoms with van der Waals surface area (Å²) in [7, 11) is -3.71. The highest BCUT2D eigenvalue weighted by molar-refractivity contribution is 9.10. The fourth-order valence-electron chi connectivity index (χ4n) is 3.02. The van der Waals surface area contributed by atoms with Gasteiger partial charge in [0.1, 0.15) is 0 Å². The lowest BCUT2D eigenvalue weighted by molar-refractivity contribution is 0.0696. The number of carboxylic acids is 1. The van der Waals surface area contributed by atoms with E-state index in [1.165, 1.54) is 40.7 Å². The fourth-order valence-corrected chi connectivity index (χ4v) is 5.49. The summed E-state index contributed by atoms with van der Waals surface area (Å²) in [5, 5.41) is 11.7. The van der Waals surface area contributed by atoms with E-state index in [1.807, 2.05) is 0 Å². The summed E-state index contributed by atoms with van der Waals surface area (Å²) < 4.78 is 27.7. The van der Waals surface area contributed by atoms with Crippen LogP contribution in [0.4, 0.5) is 5.69 Å². The van der Waals surface area contributed by atoms with Crippen molar-refractivity contribution in [1.29, 1.82) is 0 Å². The summed E-state index contributed by atoms with van der Waals surface area (Å²) in [4.78, 5) is 23.7. The van der Waals surface area contributed by atoms with Crippen LogP contribution in [0, 0.1) is 0 Å². The third kappa shape index (κ3) is 4.43. The van der Waals surface area contributed by atoms with Gasteiger partial charge in [0.2, 0.25) is 10.0 Å². The van der Waals surface area contributed by atoms with Gasteiger partial charge in [-0.25, -0.2) is 13.2 Å². The summed E-state index contributed by atoms with van der Waals surface area (Å²) in [6, 6.07) is 10.2. The Bertz CT molecular complexity index is 1020. The van der Waals surface area contributed by atoms with E-state index in [9.17, 15) is 18.0 Å². The highest BCUT2D eigenvalue weighted by Gasteiger charge is 2.28. The summed E-state index contributed by atoms with van der Waals surface area (Å²) in [6.07, 6.45) is 2.64. The molecule has 1 aliphatic rings. The van der Waals surface area contributed by atoms with E-state index in [0.29, 0.717) is 23.2 Å². The van der Waals surface area contributed by atoms with Gasteiger partial charge in [0.15, 0.2) is 0 Å². The van der Waals surface area contributed by atoms with E-state index in [0.717, 1.165) is 19.3 Å². The smallest absolute Gasteiger partial charge is 0.335 e. The molecule has 1 amide bonds. The molecule has 0 unspecified atom stereocenters. The lowest BCUT2D eigenvalue weighted by Crippen LogP contribution is -2.35. The molecule has 0 radical (unpaired) electrons. The number of piperidine rings is 1. The second kappa shape index (κ2) is 8.42. The first kappa shape index (κ1) is 20.5. The Labute approximate surface area is 171 Å². The Kier molecular flexibility index (Phi) is 6.17. The van der Waals surface area contributed by atoms with Crippen LogP contribution in [0.25, 0.3) is 0 Å². The zero-order chi connectivity index (χ0) is 20.3. The number of carboxylic acid groups (broad SMARTS) is 1. The van der Waals surface area contributed by atoms with Gasteiger partial charge < -0.3 is 10.4 Å². The quantitative estimate of drug-likeness (QED) is 0.700. The monoisotopic (exact) mass is 466 g/mol. The van der Waals surface area contributed by atoms with Gasteiger partial charge in [-0.2, -0.15) is 4.31 Å². The number of aromatic carboxylic acids is 1. The van der Waals surface area contributed by atoms with Crippen LogP contribution in [0.2, 0.25) is 0 Å². The second-order valence-corrected chi connectivity index (χ2v) is 9.21. The van der Waals surface area contributed by atoms with Crippen LogP contribution in [-0.4, -0.2) is 42.8 Å². The van der Waals surface area contributed by atoms with Crippen molar-refractivity contribution in [2.75, 3.05) is 18.4 Å². The molecule has 28 heavy (non-hydrogen) atoms. The van der Waals surface area contributed by atoms with Gasteiger partial charge in [-0.05, 0) is 65.2 Å². The standard InChI is InChI=1S/C19H19BrN2O5S/c20-16-8-7-13(12-17(16)28(26,27)22-9-2-1-3-10-22)18(23)21-15-6-4-5-14(11-15)19(24)25/h4-8,11-12H,1-3,9-10H2,(H,21,23)(H,24,25). The van der Waals surface area contributed by atoms with Crippen molar-refractivity contribution in [3.05, 3.63) is 58.1 Å². The Balaban J connectivity index is 1.87. The van der Waals surface area contributed by atoms with Crippen LogP contribution in [0.1, 0.15) is 40.0 Å². The number of benzene rings is 2. The van der Waals surface area contributed by atoms with Gasteiger partial charge in [0, 0.05) is 28.8 Å². The highest BCUT2D eigenvalue weighted by atomic mass is 79.9. The molecule has 0 aliphatic carbocycles. The number of sulfonamides is 1. The molecule has 1 heterocycles. The first-order chi connectivity index (χ1) is 13.3. The minimum absolute atomic E-state index is 0.0429. The summed E-state index contributed by atoms with van der Waals surface area (Å²) >= 11 is 3.27. The second-order valence-electron chi connectivity index (χ2n) is 6.45. The predicted molar refractivity (Wildman–Crippen MR) is 108 cm³/mol. The van der Waals surface area contributed by atoms with Gasteiger partial charge in [-0.1, -0.05) is 12.5 Å². The number of anilines is 1. The molecule has 0 spiro atoms. The normalized spacial score (nSPS) is 15.2. The molecule has 148 valence electrons. The number of nitrogens with zero attached hydrogens (tertiary/aromatic N) is 1. The van der Waals surface area contributed by atoms with Crippen LogP contribution >= 0.6 is 15.9 Å². The molecule has 2 aromatic rings. The lowest BCUT2D eigenvalue weighted by atomic mass is 10.1. The number of halogens is 1. The van der Waals surface area contributed by atoms with E-state index in [-0.39, 0.29) is 16.0 Å². The van der Waals surface area contributed by atoms with Crippen LogP contribution in [0.5, 0.6) is 0 Å². The van der Waals surface area contributed by atoms with Crippen molar-refractivity contribution in [3.63, 3.8) is 0 Å². The molecular weight excluding hydrogens is 448 g/mol. The highest BCUT2D eigenvalue weighted by Crippen LogP contribution is 2.28. The number of hydrogen-bond acceptors (Lipinski definition) is 4. The largest absolute Gasteiger partial charge is 0.478 e. The minimum atomic E-state index is -3.71. The van der Waals surface area contributed by atoms with Crippen molar-refractivity contribution in [3.8, 4) is 0 Å². The lowest BCUT2D eigenvalue weighted by Gasteiger charge is -2.26. The maximum atomic E-state index is 13.0. The molecule has 0 aromatic heterocycles. The van der Waals surface area contributed by atoms with Crippen molar-refractivity contribution in [2.24, 2.45) is 0 Å². The number of amides is 1. The van der Waals surface area contributed by atoms with E-state index in [4.69, 9.17) is 5.11 Å². The number of rotatable bonds is 5. The minimum Gasteiger partial charge on any atom is -0.478 e. The van der Waals surface area contributed by atoms with E-state index < -0.39 is 21.9 Å². The van der Waals surface area contributed by atoms with Crippen LogP contribution < -0.4 is 5.32 Å². The van der Waals surface area contributed by atoms with E-state index in [2.05, 4.69) is 21.2 Å². The van der Waals surface area contributed by atoms with E-state index in [1.54, 1.807) is 6.07 Å². The number of carbonyl (C=O) groups is 2. The van der Waals surface area contributed by atoms with Crippen molar-refractivity contribution in [2.45, 2.75) is 24.2 Å². The van der Waals surface area contributed by atoms with Crippen LogP contribution in [-0.2, 0) is 10.0 Å². The first-order valence-electron chi connectivity index (χ1n) is 8.73. The van der Waals surface area contributed by atoms with Crippen molar-refractivity contribution >= 4 is 43.5 Å². The maximum Gasteiger partial charge on any atom is 0.335 e. The number of nitrogens with one attached hydrogen (secondary N) is 1. The molecule has 0 bridgehead atoms. The van der Waals surface area contributed by atoms with Crippen molar-refractivity contribution in [1.82, 2.24) is 4.31 Å². The average Bonchev–Trinajstić information content (AvgIpc) is 2.69. The molecular formula is C19H19BrN2O5S. The third-order valence-electron chi connectivity index (χ3n) is 4.49. The Morgan fingerprint density at radius 2 is 1.71 bits per heavy atom. The Morgan fingerprint density at radius 1 is 1.00 bits per heavy atom. The summed E-state index contributed by atoms with van der Waals surface area (Å²) in [5.74, 6) is -1.63. The number of hydrogen-bond donors (Lipinski definition) is 2. The molecule has 7 nitrogen and oxygen atoms in total. The van der Waals surface area contributed by atoms with Gasteiger partial charge in [0.05, 0.1) is 10.5 Å². The average molecular weight is 467 g/mol. The Hall–Kier alpha value is -2.23. The van der Waals surface area contributed by atoms with Gasteiger partial charge in [0.25, 0.3) is 5.91 Å². The molecule has 0 saturated carbocycles. The number of carbonyl (C=O) groups excluding carboxylic acids is 1. The van der Waals surface area contributed by atoms with Gasteiger partial charge in [-0.3, -0.25) is 4.79 Å². The molecule has 1 saturated heterocycles. The molecule has 9 heteroatoms. The van der Waals surface area contributed by atoms with Gasteiger partial charge >= 0.3 is 5.97 Å². The fraction of sp³-hybridized carbons (Fsp3) is 0.263. The zero-order valence-corrected chi connectivity index (χ0v) is 17.3. The van der Waals surface area contributed by atoms with E-state index >= 15 is 0 Å². The molecule has 1 fully saturated rings. The molecule has 2 N–H and O–H groups in total.